The van der Waals surface area contributed by atoms with Gasteiger partial charge in [0.25, 0.3) is 0 Å². The number of hydrogen-bond donors (Lipinski definition) is 0. The van der Waals surface area contributed by atoms with Crippen LogP contribution < -0.4 is 4.90 Å². The molecule has 0 fully saturated rings. The smallest absolute Gasteiger partial charge is 0.0723 e. The van der Waals surface area contributed by atoms with E-state index in [0.29, 0.717) is 0 Å². The van der Waals surface area contributed by atoms with E-state index in [2.05, 4.69) is 83.8 Å². The molecule has 0 unspecified atom stereocenters. The van der Waals surface area contributed by atoms with Crippen LogP contribution in [0.5, 0.6) is 0 Å². The van der Waals surface area contributed by atoms with Crippen LogP contribution in [0.2, 0.25) is 0 Å². The van der Waals surface area contributed by atoms with Crippen molar-refractivity contribution in [2.24, 2.45) is 0 Å². The minimum absolute atomic E-state index is 0.999. The molecule has 0 aliphatic carbocycles. The van der Waals surface area contributed by atoms with Gasteiger partial charge in [-0.25, -0.2) is 0 Å². The first kappa shape index (κ1) is 17.8. The van der Waals surface area contributed by atoms with E-state index >= 15 is 0 Å². The van der Waals surface area contributed by atoms with Crippen molar-refractivity contribution in [3.05, 3.63) is 103 Å². The number of rotatable bonds is 1. The minimum atomic E-state index is 0.999. The molecule has 6 aromatic rings. The SMILES string of the molecule is c1ccc2c(N3c4c(cnc5ccccc45)Sc4cnc5ccccc5c43)cccc2c1. The number of fused-ring (bicyclic) bond motifs is 7. The maximum Gasteiger partial charge on any atom is 0.0723 e. The Bertz CT molecular complexity index is 1580. The summed E-state index contributed by atoms with van der Waals surface area (Å²) in [4.78, 5) is 14.2. The van der Waals surface area contributed by atoms with Crippen LogP contribution in [0.4, 0.5) is 17.1 Å². The van der Waals surface area contributed by atoms with Crippen molar-refractivity contribution < 1.29 is 0 Å². The van der Waals surface area contributed by atoms with E-state index in [-0.39, 0.29) is 0 Å². The van der Waals surface area contributed by atoms with Gasteiger partial charge in [-0.15, -0.1) is 0 Å². The molecule has 3 nitrogen and oxygen atoms in total. The molecule has 0 N–H and O–H groups in total. The Hall–Kier alpha value is -3.89. The first-order valence-corrected chi connectivity index (χ1v) is 11.4. The van der Waals surface area contributed by atoms with Gasteiger partial charge in [0, 0.05) is 28.6 Å². The Balaban J connectivity index is 1.67. The molecule has 0 spiro atoms. The van der Waals surface area contributed by atoms with Gasteiger partial charge in [-0.1, -0.05) is 84.6 Å². The van der Waals surface area contributed by atoms with E-state index in [9.17, 15) is 0 Å². The van der Waals surface area contributed by atoms with Crippen molar-refractivity contribution >= 4 is 61.4 Å². The second-order valence-electron chi connectivity index (χ2n) is 7.91. The average molecular weight is 428 g/mol. The van der Waals surface area contributed by atoms with Crippen molar-refractivity contribution in [3.8, 4) is 0 Å². The number of nitrogens with zero attached hydrogens (tertiary/aromatic N) is 3. The van der Waals surface area contributed by atoms with Gasteiger partial charge < -0.3 is 4.90 Å². The lowest BCUT2D eigenvalue weighted by Crippen LogP contribution is -2.17. The van der Waals surface area contributed by atoms with E-state index in [4.69, 9.17) is 9.97 Å². The van der Waals surface area contributed by atoms with Gasteiger partial charge in [0.15, 0.2) is 0 Å². The molecular weight excluding hydrogens is 410 g/mol. The van der Waals surface area contributed by atoms with E-state index in [1.165, 1.54) is 27.8 Å². The van der Waals surface area contributed by atoms with Crippen LogP contribution in [-0.2, 0) is 0 Å². The Kier molecular flexibility index (Phi) is 3.78. The molecule has 32 heavy (non-hydrogen) atoms. The monoisotopic (exact) mass is 427 g/mol. The number of anilines is 3. The highest BCUT2D eigenvalue weighted by molar-refractivity contribution is 7.99. The Labute approximate surface area is 189 Å². The minimum Gasteiger partial charge on any atom is -0.306 e. The summed E-state index contributed by atoms with van der Waals surface area (Å²) in [6, 6.07) is 31.9. The maximum absolute atomic E-state index is 4.75. The summed E-state index contributed by atoms with van der Waals surface area (Å²) in [5.41, 5.74) is 5.53. The van der Waals surface area contributed by atoms with Crippen molar-refractivity contribution in [3.63, 3.8) is 0 Å². The molecule has 0 bridgehead atoms. The standard InChI is InChI=1S/C28H17N3S/c1-2-10-19-18(8-1)9-7-15-24(19)31-27-20-11-3-5-13-22(20)29-16-25(27)32-26-17-30-23-14-6-4-12-21(23)28(26)31/h1-17H. The lowest BCUT2D eigenvalue weighted by molar-refractivity contribution is 1.15. The lowest BCUT2D eigenvalue weighted by Gasteiger charge is -2.35. The fraction of sp³-hybridized carbons (Fsp3) is 0. The molecule has 3 heterocycles. The quantitative estimate of drug-likeness (QED) is 0.266. The van der Waals surface area contributed by atoms with Crippen LogP contribution in [0.1, 0.15) is 0 Å². The van der Waals surface area contributed by atoms with Gasteiger partial charge >= 0.3 is 0 Å². The second-order valence-corrected chi connectivity index (χ2v) is 9.00. The third kappa shape index (κ3) is 2.50. The summed E-state index contributed by atoms with van der Waals surface area (Å²) in [6.45, 7) is 0. The summed E-state index contributed by atoms with van der Waals surface area (Å²) < 4.78 is 0. The average Bonchev–Trinajstić information content (AvgIpc) is 2.87. The van der Waals surface area contributed by atoms with Gasteiger partial charge in [-0.3, -0.25) is 9.97 Å². The van der Waals surface area contributed by atoms with E-state index in [1.54, 1.807) is 11.8 Å². The van der Waals surface area contributed by atoms with Gasteiger partial charge in [-0.2, -0.15) is 0 Å². The summed E-state index contributed by atoms with van der Waals surface area (Å²) in [5, 5.41) is 4.75. The van der Waals surface area contributed by atoms with Crippen molar-refractivity contribution in [1.82, 2.24) is 9.97 Å². The third-order valence-electron chi connectivity index (χ3n) is 6.10. The van der Waals surface area contributed by atoms with E-state index < -0.39 is 0 Å². The second kappa shape index (κ2) is 6.81. The maximum atomic E-state index is 4.75. The highest BCUT2D eigenvalue weighted by Gasteiger charge is 2.30. The van der Waals surface area contributed by atoms with Crippen molar-refractivity contribution in [1.29, 1.82) is 0 Å². The first-order chi connectivity index (χ1) is 15.9. The molecule has 1 aliphatic heterocycles. The van der Waals surface area contributed by atoms with Crippen LogP contribution in [0.15, 0.2) is 113 Å². The molecule has 4 aromatic carbocycles. The first-order valence-electron chi connectivity index (χ1n) is 10.6. The molecule has 2 aromatic heterocycles. The predicted molar refractivity (Wildman–Crippen MR) is 133 cm³/mol. The van der Waals surface area contributed by atoms with Crippen LogP contribution >= 0.6 is 11.8 Å². The molecule has 0 amide bonds. The number of hydrogen-bond acceptors (Lipinski definition) is 4. The van der Waals surface area contributed by atoms with Crippen molar-refractivity contribution in [2.45, 2.75) is 9.79 Å². The normalized spacial score (nSPS) is 12.8. The molecule has 0 atom stereocenters. The van der Waals surface area contributed by atoms with Crippen LogP contribution in [0.3, 0.4) is 0 Å². The fourth-order valence-electron chi connectivity index (χ4n) is 4.70. The molecule has 1 aliphatic rings. The summed E-state index contributed by atoms with van der Waals surface area (Å²) in [5.74, 6) is 0. The highest BCUT2D eigenvalue weighted by Crippen LogP contribution is 2.55. The summed E-state index contributed by atoms with van der Waals surface area (Å²) in [7, 11) is 0. The summed E-state index contributed by atoms with van der Waals surface area (Å²) in [6.07, 6.45) is 4.00. The fourth-order valence-corrected chi connectivity index (χ4v) is 5.75. The molecule has 0 radical (unpaired) electrons. The number of para-hydroxylation sites is 2. The Morgan fingerprint density at radius 1 is 0.531 bits per heavy atom. The molecule has 0 saturated carbocycles. The van der Waals surface area contributed by atoms with Gasteiger partial charge in [-0.05, 0) is 23.6 Å². The lowest BCUT2D eigenvalue weighted by atomic mass is 10.0. The number of benzene rings is 4. The Morgan fingerprint density at radius 3 is 1.72 bits per heavy atom. The largest absolute Gasteiger partial charge is 0.306 e. The number of pyridine rings is 2. The topological polar surface area (TPSA) is 29.0 Å². The van der Waals surface area contributed by atoms with E-state index in [0.717, 1.165) is 31.6 Å². The van der Waals surface area contributed by atoms with Crippen LogP contribution in [0, 0.1) is 0 Å². The molecule has 7 rings (SSSR count). The van der Waals surface area contributed by atoms with E-state index in [1.807, 2.05) is 24.5 Å². The van der Waals surface area contributed by atoms with Gasteiger partial charge in [0.05, 0.1) is 37.9 Å². The number of aromatic nitrogens is 2. The molecule has 0 saturated heterocycles. The zero-order chi connectivity index (χ0) is 21.1. The third-order valence-corrected chi connectivity index (χ3v) is 7.14. The summed E-state index contributed by atoms with van der Waals surface area (Å²) >= 11 is 1.75. The Morgan fingerprint density at radius 2 is 1.06 bits per heavy atom. The predicted octanol–water partition coefficient (Wildman–Crippen LogP) is 7.87. The van der Waals surface area contributed by atoms with Crippen LogP contribution in [-0.4, -0.2) is 9.97 Å². The molecule has 4 heteroatoms. The zero-order valence-corrected chi connectivity index (χ0v) is 17.9. The van der Waals surface area contributed by atoms with Crippen LogP contribution in [0.25, 0.3) is 32.6 Å². The molecule has 150 valence electrons. The molecular formula is C28H17N3S. The van der Waals surface area contributed by atoms with Crippen molar-refractivity contribution in [2.75, 3.05) is 4.90 Å². The van der Waals surface area contributed by atoms with Gasteiger partial charge in [0.1, 0.15) is 0 Å². The zero-order valence-electron chi connectivity index (χ0n) is 17.1. The highest BCUT2D eigenvalue weighted by atomic mass is 32.2. The van der Waals surface area contributed by atoms with Gasteiger partial charge in [0.2, 0.25) is 0 Å².